The van der Waals surface area contributed by atoms with Crippen molar-refractivity contribution in [2.75, 3.05) is 6.54 Å². The molecule has 0 bridgehead atoms. The van der Waals surface area contributed by atoms with Gasteiger partial charge in [0.2, 0.25) is 17.7 Å². The summed E-state index contributed by atoms with van der Waals surface area (Å²) < 4.78 is 15.7. The van der Waals surface area contributed by atoms with Crippen LogP contribution in [0.5, 0.6) is 5.75 Å². The van der Waals surface area contributed by atoms with Gasteiger partial charge in [-0.15, -0.1) is 0 Å². The molecule has 1 aliphatic heterocycles. The Labute approximate surface area is 249 Å². The fraction of sp³-hybridized carbons (Fsp3) is 0.290. The van der Waals surface area contributed by atoms with Gasteiger partial charge in [0.15, 0.2) is 6.29 Å². The molecular formula is C31H34N3O8P. The van der Waals surface area contributed by atoms with Crippen molar-refractivity contribution in [2.24, 2.45) is 5.73 Å². The lowest BCUT2D eigenvalue weighted by Gasteiger charge is -2.32. The minimum Gasteiger partial charge on any atom is -0.403 e. The maximum Gasteiger partial charge on any atom is 0.524 e. The van der Waals surface area contributed by atoms with Crippen LogP contribution in [0.2, 0.25) is 0 Å². The first-order valence-corrected chi connectivity index (χ1v) is 15.4. The average Bonchev–Trinajstić information content (AvgIpc) is 3.15. The molecule has 3 aromatic rings. The van der Waals surface area contributed by atoms with Crippen molar-refractivity contribution < 1.29 is 38.1 Å². The van der Waals surface area contributed by atoms with E-state index in [1.807, 2.05) is 54.6 Å². The fourth-order valence-electron chi connectivity index (χ4n) is 5.21. The quantitative estimate of drug-likeness (QED) is 0.231. The van der Waals surface area contributed by atoms with Gasteiger partial charge in [-0.1, -0.05) is 60.7 Å². The van der Waals surface area contributed by atoms with Gasteiger partial charge in [0.25, 0.3) is 0 Å². The number of rotatable bonds is 10. The monoisotopic (exact) mass is 607 g/mol. The molecule has 4 rings (SSSR count). The van der Waals surface area contributed by atoms with Gasteiger partial charge in [0.1, 0.15) is 11.8 Å². The third-order valence-corrected chi connectivity index (χ3v) is 7.70. The zero-order valence-corrected chi connectivity index (χ0v) is 24.6. The number of aldehydes is 1. The van der Waals surface area contributed by atoms with Crippen LogP contribution >= 0.6 is 7.82 Å². The van der Waals surface area contributed by atoms with Gasteiger partial charge < -0.3 is 15.2 Å². The fourth-order valence-corrected chi connectivity index (χ4v) is 5.63. The standard InChI is InChI=1S/C31H34N3O8P/c1-21(36)34(30(37)27(32)18-23-12-15-29(26(17-23)20-35)42-43(39,40)41)28-9-5-6-16-33(31(28)38)19-22-10-13-25(14-11-22)24-7-3-2-4-8-24/h2-4,7-8,10-15,17,20,27-28H,5-6,9,16,18-19,32H2,1H3,(H2,39,40,41)/t27-,28?/m0/s1. The molecule has 12 heteroatoms. The molecule has 11 nitrogen and oxygen atoms in total. The van der Waals surface area contributed by atoms with E-state index in [0.717, 1.165) is 21.6 Å². The number of benzene rings is 3. The van der Waals surface area contributed by atoms with Crippen molar-refractivity contribution in [3.63, 3.8) is 0 Å². The Balaban J connectivity index is 1.48. The van der Waals surface area contributed by atoms with Gasteiger partial charge in [-0.25, -0.2) is 4.57 Å². The Morgan fingerprint density at radius 1 is 1.05 bits per heavy atom. The minimum absolute atomic E-state index is 0.0992. The maximum atomic E-state index is 13.7. The molecule has 1 saturated heterocycles. The molecule has 226 valence electrons. The highest BCUT2D eigenvalue weighted by Crippen LogP contribution is 2.39. The largest absolute Gasteiger partial charge is 0.524 e. The van der Waals surface area contributed by atoms with Crippen LogP contribution in [0, 0.1) is 0 Å². The zero-order chi connectivity index (χ0) is 31.1. The molecule has 0 aromatic heterocycles. The van der Waals surface area contributed by atoms with Crippen LogP contribution in [0.25, 0.3) is 11.1 Å². The predicted molar refractivity (Wildman–Crippen MR) is 159 cm³/mol. The number of hydrogen-bond acceptors (Lipinski definition) is 7. The summed E-state index contributed by atoms with van der Waals surface area (Å²) in [6, 6.07) is 19.5. The van der Waals surface area contributed by atoms with Crippen LogP contribution in [0.4, 0.5) is 0 Å². The summed E-state index contributed by atoms with van der Waals surface area (Å²) in [5.41, 5.74) is 9.53. The van der Waals surface area contributed by atoms with E-state index in [2.05, 4.69) is 4.52 Å². The van der Waals surface area contributed by atoms with E-state index in [1.54, 1.807) is 4.90 Å². The van der Waals surface area contributed by atoms with Crippen LogP contribution in [0.3, 0.4) is 0 Å². The average molecular weight is 608 g/mol. The highest BCUT2D eigenvalue weighted by atomic mass is 31.2. The van der Waals surface area contributed by atoms with Crippen molar-refractivity contribution in [1.29, 1.82) is 0 Å². The highest BCUT2D eigenvalue weighted by Gasteiger charge is 2.38. The lowest BCUT2D eigenvalue weighted by molar-refractivity contribution is -0.154. The zero-order valence-electron chi connectivity index (χ0n) is 23.7. The van der Waals surface area contributed by atoms with E-state index in [9.17, 15) is 23.7 Å². The Kier molecular flexibility index (Phi) is 10.3. The van der Waals surface area contributed by atoms with Crippen molar-refractivity contribution in [2.45, 2.75) is 51.2 Å². The molecule has 0 radical (unpaired) electrons. The summed E-state index contributed by atoms with van der Waals surface area (Å²) in [6.07, 6.45) is 1.92. The number of likely N-dealkylation sites (tertiary alicyclic amines) is 1. The minimum atomic E-state index is -4.90. The van der Waals surface area contributed by atoms with Gasteiger partial charge in [-0.3, -0.25) is 33.9 Å². The first-order chi connectivity index (χ1) is 20.5. The normalized spacial score (nSPS) is 16.2. The van der Waals surface area contributed by atoms with Gasteiger partial charge in [0.05, 0.1) is 11.6 Å². The molecular weight excluding hydrogens is 573 g/mol. The number of nitrogens with two attached hydrogens (primary N) is 1. The van der Waals surface area contributed by atoms with E-state index in [0.29, 0.717) is 44.2 Å². The summed E-state index contributed by atoms with van der Waals surface area (Å²) in [4.78, 5) is 72.2. The molecule has 2 atom stereocenters. The van der Waals surface area contributed by atoms with Crippen LogP contribution < -0.4 is 10.3 Å². The SMILES string of the molecule is CC(=O)N(C(=O)[C@@H](N)Cc1ccc(OP(=O)(O)O)c(C=O)c1)C1CCCCN(Cc2ccc(-c3ccccc3)cc2)C1=O. The first-order valence-electron chi connectivity index (χ1n) is 13.8. The third kappa shape index (κ3) is 8.24. The van der Waals surface area contributed by atoms with Crippen molar-refractivity contribution >= 4 is 31.8 Å². The van der Waals surface area contributed by atoms with Gasteiger partial charge >= 0.3 is 7.82 Å². The Hall–Kier alpha value is -4.15. The maximum absolute atomic E-state index is 13.7. The van der Waals surface area contributed by atoms with Crippen molar-refractivity contribution in [3.05, 3.63) is 89.5 Å². The second-order valence-electron chi connectivity index (χ2n) is 10.4. The van der Waals surface area contributed by atoms with E-state index >= 15 is 0 Å². The molecule has 1 aliphatic rings. The number of amides is 3. The van der Waals surface area contributed by atoms with E-state index in [-0.39, 0.29) is 23.6 Å². The molecule has 43 heavy (non-hydrogen) atoms. The van der Waals surface area contributed by atoms with Crippen LogP contribution in [-0.4, -0.2) is 62.2 Å². The summed E-state index contributed by atoms with van der Waals surface area (Å²) >= 11 is 0. The van der Waals surface area contributed by atoms with Crippen molar-refractivity contribution in [1.82, 2.24) is 9.80 Å². The smallest absolute Gasteiger partial charge is 0.403 e. The summed E-state index contributed by atoms with van der Waals surface area (Å²) in [7, 11) is -4.90. The number of carbonyl (C=O) groups is 4. The lowest BCUT2D eigenvalue weighted by atomic mass is 10.0. The number of hydrogen-bond donors (Lipinski definition) is 3. The number of nitrogens with zero attached hydrogens (tertiary/aromatic N) is 2. The molecule has 1 heterocycles. The van der Waals surface area contributed by atoms with Crippen LogP contribution in [0.15, 0.2) is 72.8 Å². The summed E-state index contributed by atoms with van der Waals surface area (Å²) in [5, 5.41) is 0. The highest BCUT2D eigenvalue weighted by molar-refractivity contribution is 7.46. The second-order valence-corrected chi connectivity index (χ2v) is 11.6. The Bertz CT molecular complexity index is 1520. The molecule has 1 fully saturated rings. The lowest BCUT2D eigenvalue weighted by Crippen LogP contribution is -2.56. The van der Waals surface area contributed by atoms with E-state index in [4.69, 9.17) is 15.5 Å². The molecule has 0 saturated carbocycles. The Morgan fingerprint density at radius 2 is 1.70 bits per heavy atom. The van der Waals surface area contributed by atoms with Crippen LogP contribution in [0.1, 0.15) is 47.7 Å². The Morgan fingerprint density at radius 3 is 2.33 bits per heavy atom. The van der Waals surface area contributed by atoms with E-state index in [1.165, 1.54) is 25.1 Å². The second kappa shape index (κ2) is 13.9. The topological polar surface area (TPSA) is 168 Å². The number of imide groups is 1. The third-order valence-electron chi connectivity index (χ3n) is 7.27. The van der Waals surface area contributed by atoms with Crippen LogP contribution in [-0.2, 0) is 31.9 Å². The molecule has 3 amide bonds. The first kappa shape index (κ1) is 31.8. The van der Waals surface area contributed by atoms with Gasteiger partial charge in [-0.05, 0) is 60.1 Å². The molecule has 0 spiro atoms. The number of phosphoric ester groups is 1. The van der Waals surface area contributed by atoms with E-state index < -0.39 is 31.7 Å². The molecule has 1 unspecified atom stereocenters. The number of phosphoric acid groups is 1. The molecule has 4 N–H and O–H groups in total. The molecule has 3 aromatic carbocycles. The summed E-state index contributed by atoms with van der Waals surface area (Å²) in [5.74, 6) is -1.99. The van der Waals surface area contributed by atoms with Gasteiger partial charge in [0, 0.05) is 20.0 Å². The van der Waals surface area contributed by atoms with Crippen molar-refractivity contribution in [3.8, 4) is 16.9 Å². The number of carbonyl (C=O) groups excluding carboxylic acids is 4. The predicted octanol–water partition coefficient (Wildman–Crippen LogP) is 3.46. The van der Waals surface area contributed by atoms with Gasteiger partial charge in [-0.2, -0.15) is 0 Å². The summed E-state index contributed by atoms with van der Waals surface area (Å²) in [6.45, 7) is 2.03. The molecule has 0 aliphatic carbocycles.